The van der Waals surface area contributed by atoms with Crippen LogP contribution in [0.1, 0.15) is 11.1 Å². The Morgan fingerprint density at radius 2 is 2.04 bits per heavy atom. The van der Waals surface area contributed by atoms with Gasteiger partial charge in [-0.25, -0.2) is 4.98 Å². The van der Waals surface area contributed by atoms with Gasteiger partial charge in [0.15, 0.2) is 0 Å². The second kappa shape index (κ2) is 6.61. The van der Waals surface area contributed by atoms with Crippen LogP contribution >= 0.6 is 22.9 Å². The topological polar surface area (TPSA) is 76.2 Å². The summed E-state index contributed by atoms with van der Waals surface area (Å²) in [7, 11) is 0. The molecular weight excluding hydrogens is 382 g/mol. The zero-order valence-corrected chi connectivity index (χ0v) is 15.5. The summed E-state index contributed by atoms with van der Waals surface area (Å²) in [6.07, 6.45) is 4.99. The summed E-state index contributed by atoms with van der Waals surface area (Å²) in [4.78, 5) is 8.44. The number of halogens is 1. The Kier molecular flexibility index (Phi) is 3.95. The van der Waals surface area contributed by atoms with Gasteiger partial charge in [-0.3, -0.25) is 4.99 Å². The fourth-order valence-electron chi connectivity index (χ4n) is 2.90. The highest BCUT2D eigenvalue weighted by atomic mass is 35.5. The zero-order valence-electron chi connectivity index (χ0n) is 13.9. The zero-order chi connectivity index (χ0) is 18.2. The lowest BCUT2D eigenvalue weighted by Gasteiger charge is -2.08. The van der Waals surface area contributed by atoms with Gasteiger partial charge >= 0.3 is 0 Å². The van der Waals surface area contributed by atoms with Gasteiger partial charge in [-0.15, -0.1) is 10.2 Å². The number of hydrogen-bond donors (Lipinski definition) is 1. The summed E-state index contributed by atoms with van der Waals surface area (Å²) in [5, 5.41) is 13.9. The van der Waals surface area contributed by atoms with Crippen molar-refractivity contribution in [2.75, 3.05) is 5.32 Å². The molecule has 0 bridgehead atoms. The summed E-state index contributed by atoms with van der Waals surface area (Å²) >= 11 is 7.94. The van der Waals surface area contributed by atoms with Crippen LogP contribution in [0.5, 0.6) is 0 Å². The molecule has 1 aliphatic rings. The Labute approximate surface area is 163 Å². The minimum atomic E-state index is 0.575. The molecule has 4 aromatic rings. The Bertz CT molecular complexity index is 1150. The van der Waals surface area contributed by atoms with Crippen molar-refractivity contribution in [3.8, 4) is 22.0 Å². The van der Waals surface area contributed by atoms with E-state index in [1.807, 2.05) is 42.6 Å². The molecule has 8 heteroatoms. The first-order chi connectivity index (χ1) is 13.3. The molecule has 6 nitrogen and oxygen atoms in total. The molecule has 132 valence electrons. The number of oxazole rings is 1. The Hall–Kier alpha value is -3.03. The molecule has 2 aromatic carbocycles. The highest BCUT2D eigenvalue weighted by Gasteiger charge is 2.15. The molecule has 27 heavy (non-hydrogen) atoms. The summed E-state index contributed by atoms with van der Waals surface area (Å²) < 4.78 is 5.36. The average molecular weight is 394 g/mol. The predicted octanol–water partition coefficient (Wildman–Crippen LogP) is 5.19. The number of nitrogens with one attached hydrogen (secondary N) is 1. The fraction of sp³-hybridized carbons (Fsp3) is 0.0526. The molecule has 5 rings (SSSR count). The molecule has 1 aliphatic heterocycles. The summed E-state index contributed by atoms with van der Waals surface area (Å²) in [6.45, 7) is 0.680. The Morgan fingerprint density at radius 1 is 1.11 bits per heavy atom. The van der Waals surface area contributed by atoms with Crippen LogP contribution in [-0.4, -0.2) is 21.4 Å². The molecular formula is C19H12ClN5OS. The molecule has 0 fully saturated rings. The lowest BCUT2D eigenvalue weighted by atomic mass is 10.1. The molecule has 0 radical (unpaired) electrons. The van der Waals surface area contributed by atoms with Gasteiger partial charge in [0, 0.05) is 22.9 Å². The normalized spacial score (nSPS) is 12.3. The number of benzene rings is 2. The smallest absolute Gasteiger partial charge is 0.225 e. The van der Waals surface area contributed by atoms with E-state index < -0.39 is 0 Å². The largest absolute Gasteiger partial charge is 0.445 e. The molecule has 2 aromatic heterocycles. The van der Waals surface area contributed by atoms with E-state index in [0.29, 0.717) is 22.6 Å². The van der Waals surface area contributed by atoms with Gasteiger partial charge in [0.05, 0.1) is 23.5 Å². The van der Waals surface area contributed by atoms with Crippen LogP contribution in [0, 0.1) is 0 Å². The third-order valence-electron chi connectivity index (χ3n) is 4.21. The van der Waals surface area contributed by atoms with E-state index in [1.54, 1.807) is 12.5 Å². The van der Waals surface area contributed by atoms with Crippen LogP contribution in [0.2, 0.25) is 5.02 Å². The number of aliphatic imine (C=N–C) groups is 1. The Balaban J connectivity index is 1.43. The second-order valence-electron chi connectivity index (χ2n) is 5.93. The van der Waals surface area contributed by atoms with Crippen molar-refractivity contribution < 1.29 is 4.42 Å². The molecule has 3 heterocycles. The first-order valence-electron chi connectivity index (χ1n) is 8.20. The minimum Gasteiger partial charge on any atom is -0.445 e. The van der Waals surface area contributed by atoms with E-state index in [4.69, 9.17) is 16.0 Å². The number of hydrogen-bond acceptors (Lipinski definition) is 7. The molecule has 0 amide bonds. The molecule has 0 spiro atoms. The summed E-state index contributed by atoms with van der Waals surface area (Å²) in [6, 6.07) is 11.8. The first-order valence-corrected chi connectivity index (χ1v) is 9.39. The summed E-state index contributed by atoms with van der Waals surface area (Å²) in [5.41, 5.74) is 4.73. The van der Waals surface area contributed by atoms with Crippen molar-refractivity contribution in [1.29, 1.82) is 0 Å². The maximum Gasteiger partial charge on any atom is 0.225 e. The van der Waals surface area contributed by atoms with Crippen molar-refractivity contribution in [3.63, 3.8) is 0 Å². The van der Waals surface area contributed by atoms with Gasteiger partial charge in [-0.05, 0) is 23.8 Å². The molecule has 0 saturated heterocycles. The fourth-order valence-corrected chi connectivity index (χ4v) is 3.93. The predicted molar refractivity (Wildman–Crippen MR) is 107 cm³/mol. The summed E-state index contributed by atoms with van der Waals surface area (Å²) in [5.74, 6) is 0.575. The van der Waals surface area contributed by atoms with Crippen LogP contribution in [-0.2, 0) is 6.54 Å². The third kappa shape index (κ3) is 3.01. The van der Waals surface area contributed by atoms with Crippen molar-refractivity contribution >= 4 is 40.0 Å². The average Bonchev–Trinajstić information content (AvgIpc) is 3.46. The van der Waals surface area contributed by atoms with Crippen LogP contribution in [0.4, 0.5) is 10.8 Å². The van der Waals surface area contributed by atoms with Gasteiger partial charge in [-0.2, -0.15) is 0 Å². The van der Waals surface area contributed by atoms with Gasteiger partial charge in [-0.1, -0.05) is 41.1 Å². The highest BCUT2D eigenvalue weighted by Crippen LogP contribution is 2.35. The third-order valence-corrected chi connectivity index (χ3v) is 5.50. The van der Waals surface area contributed by atoms with Crippen molar-refractivity contribution in [2.24, 2.45) is 4.99 Å². The van der Waals surface area contributed by atoms with Crippen molar-refractivity contribution in [2.45, 2.75) is 6.54 Å². The quantitative estimate of drug-likeness (QED) is 0.516. The number of rotatable bonds is 4. The molecule has 0 unspecified atom stereocenters. The van der Waals surface area contributed by atoms with E-state index in [2.05, 4.69) is 25.5 Å². The van der Waals surface area contributed by atoms with E-state index in [1.165, 1.54) is 11.3 Å². The first kappa shape index (κ1) is 16.2. The van der Waals surface area contributed by atoms with Crippen LogP contribution in [0.15, 0.2) is 58.3 Å². The van der Waals surface area contributed by atoms with Gasteiger partial charge < -0.3 is 9.73 Å². The standard InChI is InChI=1S/C19H12ClN5OS/c20-16-14-10-21-9-13(14)4-5-15(16)23-19-25-24-18(27-19)12-3-1-2-11(8-12)17-22-6-7-26-17/h1-8,10H,9H2,(H,23,25). The number of nitrogens with zero attached hydrogens (tertiary/aromatic N) is 4. The van der Waals surface area contributed by atoms with Gasteiger partial charge in [0.2, 0.25) is 11.0 Å². The van der Waals surface area contributed by atoms with E-state index in [0.717, 1.165) is 32.9 Å². The monoisotopic (exact) mass is 393 g/mol. The minimum absolute atomic E-state index is 0.575. The molecule has 0 saturated carbocycles. The van der Waals surface area contributed by atoms with E-state index in [-0.39, 0.29) is 0 Å². The van der Waals surface area contributed by atoms with Gasteiger partial charge in [0.1, 0.15) is 11.3 Å². The van der Waals surface area contributed by atoms with E-state index in [9.17, 15) is 0 Å². The second-order valence-corrected chi connectivity index (χ2v) is 7.28. The lowest BCUT2D eigenvalue weighted by Crippen LogP contribution is -1.94. The molecule has 0 atom stereocenters. The molecule has 1 N–H and O–H groups in total. The van der Waals surface area contributed by atoms with Crippen LogP contribution < -0.4 is 5.32 Å². The number of anilines is 2. The maximum atomic E-state index is 6.49. The number of fused-ring (bicyclic) bond motifs is 1. The highest BCUT2D eigenvalue weighted by molar-refractivity contribution is 7.18. The van der Waals surface area contributed by atoms with Crippen LogP contribution in [0.3, 0.4) is 0 Å². The molecule has 0 aliphatic carbocycles. The Morgan fingerprint density at radius 3 is 2.93 bits per heavy atom. The van der Waals surface area contributed by atoms with Crippen molar-refractivity contribution in [1.82, 2.24) is 15.2 Å². The maximum absolute atomic E-state index is 6.49. The van der Waals surface area contributed by atoms with Gasteiger partial charge in [0.25, 0.3) is 0 Å². The lowest BCUT2D eigenvalue weighted by molar-refractivity contribution is 0.574. The number of aromatic nitrogens is 3. The van der Waals surface area contributed by atoms with Crippen molar-refractivity contribution in [3.05, 3.63) is 65.0 Å². The van der Waals surface area contributed by atoms with Crippen LogP contribution in [0.25, 0.3) is 22.0 Å². The SMILES string of the molecule is Clc1c(Nc2nnc(-c3cccc(-c4ncco4)c3)s2)ccc2c1C=NC2. The van der Waals surface area contributed by atoms with E-state index >= 15 is 0 Å².